The van der Waals surface area contributed by atoms with Gasteiger partial charge in [0.25, 0.3) is 0 Å². The van der Waals surface area contributed by atoms with Crippen molar-refractivity contribution in [3.05, 3.63) is 24.3 Å². The number of hydrogen-bond acceptors (Lipinski definition) is 3. The summed E-state index contributed by atoms with van der Waals surface area (Å²) in [6.07, 6.45) is 6.03. The van der Waals surface area contributed by atoms with E-state index in [2.05, 4.69) is 12.2 Å². The molecule has 94 valence electrons. The monoisotopic (exact) mass is 253 g/mol. The average molecular weight is 253 g/mol. The molecule has 0 atom stereocenters. The van der Waals surface area contributed by atoms with Gasteiger partial charge < -0.3 is 5.32 Å². The van der Waals surface area contributed by atoms with Crippen molar-refractivity contribution in [2.75, 3.05) is 11.6 Å². The number of rotatable bonds is 4. The molecule has 4 heteroatoms. The highest BCUT2D eigenvalue weighted by atomic mass is 32.2. The van der Waals surface area contributed by atoms with Crippen LogP contribution >= 0.6 is 0 Å². The maximum absolute atomic E-state index is 11.3. The zero-order valence-electron chi connectivity index (χ0n) is 10.4. The SMILES string of the molecule is CCC1(Nc2ccc(S(C)(=O)=O)cc2)CCC1. The molecule has 0 saturated heterocycles. The molecule has 0 bridgehead atoms. The lowest BCUT2D eigenvalue weighted by Crippen LogP contribution is -2.44. The standard InChI is InChI=1S/C13H19NO2S/c1-3-13(9-4-10-13)14-11-5-7-12(8-6-11)17(2,15)16/h5-8,14H,3-4,9-10H2,1-2H3. The fraction of sp³-hybridized carbons (Fsp3) is 0.538. The normalized spacial score (nSPS) is 18.5. The van der Waals surface area contributed by atoms with Gasteiger partial charge in [-0.15, -0.1) is 0 Å². The van der Waals surface area contributed by atoms with Crippen LogP contribution in [0.2, 0.25) is 0 Å². The first-order chi connectivity index (χ1) is 7.95. The van der Waals surface area contributed by atoms with E-state index in [-0.39, 0.29) is 5.54 Å². The molecule has 1 fully saturated rings. The molecule has 0 spiro atoms. The molecule has 0 aliphatic heterocycles. The van der Waals surface area contributed by atoms with E-state index in [1.807, 2.05) is 12.1 Å². The lowest BCUT2D eigenvalue weighted by Gasteiger charge is -2.43. The van der Waals surface area contributed by atoms with Gasteiger partial charge >= 0.3 is 0 Å². The minimum Gasteiger partial charge on any atom is -0.380 e. The third-order valence-corrected chi connectivity index (χ3v) is 4.81. The number of anilines is 1. The Balaban J connectivity index is 2.14. The van der Waals surface area contributed by atoms with Crippen LogP contribution in [0.5, 0.6) is 0 Å². The molecular weight excluding hydrogens is 234 g/mol. The average Bonchev–Trinajstić information content (AvgIpc) is 2.23. The summed E-state index contributed by atoms with van der Waals surface area (Å²) in [5.41, 5.74) is 1.26. The third-order valence-electron chi connectivity index (χ3n) is 3.68. The Morgan fingerprint density at radius 2 is 1.82 bits per heavy atom. The number of hydrogen-bond donors (Lipinski definition) is 1. The van der Waals surface area contributed by atoms with Crippen LogP contribution in [0.3, 0.4) is 0 Å². The Morgan fingerprint density at radius 1 is 1.24 bits per heavy atom. The van der Waals surface area contributed by atoms with Gasteiger partial charge in [0, 0.05) is 17.5 Å². The van der Waals surface area contributed by atoms with E-state index in [4.69, 9.17) is 0 Å². The van der Waals surface area contributed by atoms with Gasteiger partial charge in [0.05, 0.1) is 4.90 Å². The molecular formula is C13H19NO2S. The highest BCUT2D eigenvalue weighted by Crippen LogP contribution is 2.37. The molecule has 1 aromatic rings. The molecule has 0 radical (unpaired) electrons. The summed E-state index contributed by atoms with van der Waals surface area (Å²) in [7, 11) is -3.09. The quantitative estimate of drug-likeness (QED) is 0.897. The van der Waals surface area contributed by atoms with Crippen molar-refractivity contribution in [2.45, 2.75) is 43.0 Å². The van der Waals surface area contributed by atoms with E-state index >= 15 is 0 Å². The molecule has 3 nitrogen and oxygen atoms in total. The lowest BCUT2D eigenvalue weighted by atomic mass is 9.74. The van der Waals surface area contributed by atoms with Crippen LogP contribution < -0.4 is 5.32 Å². The minimum atomic E-state index is -3.09. The fourth-order valence-corrected chi connectivity index (χ4v) is 2.89. The molecule has 1 aliphatic rings. The maximum Gasteiger partial charge on any atom is 0.175 e. The van der Waals surface area contributed by atoms with Crippen molar-refractivity contribution in [3.8, 4) is 0 Å². The smallest absolute Gasteiger partial charge is 0.175 e. The first-order valence-corrected chi connectivity index (χ1v) is 7.93. The Kier molecular flexibility index (Phi) is 3.17. The van der Waals surface area contributed by atoms with E-state index in [1.54, 1.807) is 12.1 Å². The lowest BCUT2D eigenvalue weighted by molar-refractivity contribution is 0.269. The van der Waals surface area contributed by atoms with Crippen molar-refractivity contribution in [1.29, 1.82) is 0 Å². The van der Waals surface area contributed by atoms with Gasteiger partial charge in [0.2, 0.25) is 0 Å². The Hall–Kier alpha value is -1.03. The highest BCUT2D eigenvalue weighted by molar-refractivity contribution is 7.90. The van der Waals surface area contributed by atoms with Crippen LogP contribution in [0, 0.1) is 0 Å². The maximum atomic E-state index is 11.3. The van der Waals surface area contributed by atoms with E-state index in [0.29, 0.717) is 4.90 Å². The van der Waals surface area contributed by atoms with Crippen molar-refractivity contribution in [3.63, 3.8) is 0 Å². The van der Waals surface area contributed by atoms with Crippen molar-refractivity contribution >= 4 is 15.5 Å². The topological polar surface area (TPSA) is 46.2 Å². The number of sulfone groups is 1. The van der Waals surface area contributed by atoms with Crippen molar-refractivity contribution < 1.29 is 8.42 Å². The molecule has 1 aliphatic carbocycles. The molecule has 1 saturated carbocycles. The molecule has 17 heavy (non-hydrogen) atoms. The van der Waals surface area contributed by atoms with Gasteiger partial charge in [-0.2, -0.15) is 0 Å². The summed E-state index contributed by atoms with van der Waals surface area (Å²) in [5.74, 6) is 0. The second kappa shape index (κ2) is 4.33. The predicted molar refractivity (Wildman–Crippen MR) is 70.0 cm³/mol. The zero-order valence-corrected chi connectivity index (χ0v) is 11.2. The largest absolute Gasteiger partial charge is 0.380 e. The van der Waals surface area contributed by atoms with Crippen LogP contribution in [0.4, 0.5) is 5.69 Å². The molecule has 0 amide bonds. The van der Waals surface area contributed by atoms with Crippen LogP contribution in [-0.2, 0) is 9.84 Å². The van der Waals surface area contributed by atoms with Crippen molar-refractivity contribution in [1.82, 2.24) is 0 Å². The van der Waals surface area contributed by atoms with Gasteiger partial charge in [0.1, 0.15) is 0 Å². The van der Waals surface area contributed by atoms with Crippen LogP contribution in [0.1, 0.15) is 32.6 Å². The molecule has 0 heterocycles. The molecule has 1 aromatic carbocycles. The first-order valence-electron chi connectivity index (χ1n) is 6.03. The van der Waals surface area contributed by atoms with E-state index < -0.39 is 9.84 Å². The first kappa shape index (κ1) is 12.4. The molecule has 0 unspecified atom stereocenters. The minimum absolute atomic E-state index is 0.243. The van der Waals surface area contributed by atoms with Crippen LogP contribution in [0.15, 0.2) is 29.2 Å². The van der Waals surface area contributed by atoms with Gasteiger partial charge in [-0.1, -0.05) is 6.92 Å². The zero-order chi connectivity index (χ0) is 12.5. The Labute approximate surface area is 103 Å². The Morgan fingerprint density at radius 3 is 2.18 bits per heavy atom. The highest BCUT2D eigenvalue weighted by Gasteiger charge is 2.34. The second-order valence-electron chi connectivity index (χ2n) is 4.91. The number of benzene rings is 1. The fourth-order valence-electron chi connectivity index (χ4n) is 2.26. The van der Waals surface area contributed by atoms with E-state index in [1.165, 1.54) is 25.5 Å². The second-order valence-corrected chi connectivity index (χ2v) is 6.92. The summed E-state index contributed by atoms with van der Waals surface area (Å²) in [4.78, 5) is 0.377. The molecule has 2 rings (SSSR count). The summed E-state index contributed by atoms with van der Waals surface area (Å²) in [5, 5.41) is 3.53. The van der Waals surface area contributed by atoms with Gasteiger partial charge in [0.15, 0.2) is 9.84 Å². The Bertz CT molecular complexity index is 481. The summed E-state index contributed by atoms with van der Waals surface area (Å²) in [6.45, 7) is 2.19. The predicted octanol–water partition coefficient (Wildman–Crippen LogP) is 2.83. The summed E-state index contributed by atoms with van der Waals surface area (Å²) in [6, 6.07) is 7.04. The molecule has 1 N–H and O–H groups in total. The summed E-state index contributed by atoms with van der Waals surface area (Å²) < 4.78 is 22.7. The third kappa shape index (κ3) is 2.63. The van der Waals surface area contributed by atoms with Crippen molar-refractivity contribution in [2.24, 2.45) is 0 Å². The van der Waals surface area contributed by atoms with Crippen LogP contribution in [0.25, 0.3) is 0 Å². The van der Waals surface area contributed by atoms with E-state index in [9.17, 15) is 8.42 Å². The number of nitrogens with one attached hydrogen (secondary N) is 1. The van der Waals surface area contributed by atoms with Crippen LogP contribution in [-0.4, -0.2) is 20.2 Å². The van der Waals surface area contributed by atoms with E-state index in [0.717, 1.165) is 12.1 Å². The van der Waals surface area contributed by atoms with Gasteiger partial charge in [-0.05, 0) is 49.9 Å². The van der Waals surface area contributed by atoms with Gasteiger partial charge in [-0.3, -0.25) is 0 Å². The molecule has 0 aromatic heterocycles. The summed E-state index contributed by atoms with van der Waals surface area (Å²) >= 11 is 0. The van der Waals surface area contributed by atoms with Gasteiger partial charge in [-0.25, -0.2) is 8.42 Å².